The summed E-state index contributed by atoms with van der Waals surface area (Å²) in [5.41, 5.74) is 2.27. The molecule has 2 aromatic carbocycles. The lowest BCUT2D eigenvalue weighted by Gasteiger charge is -2.40. The number of nitrogens with zero attached hydrogens (tertiary/aromatic N) is 2. The molecular weight excluding hydrogens is 400 g/mol. The summed E-state index contributed by atoms with van der Waals surface area (Å²) in [5.74, 6) is 0.821. The summed E-state index contributed by atoms with van der Waals surface area (Å²) in [5, 5.41) is 22.9. The van der Waals surface area contributed by atoms with Crippen LogP contribution in [0.25, 0.3) is 10.9 Å². The van der Waals surface area contributed by atoms with Crippen molar-refractivity contribution < 1.29 is 14.9 Å². The average molecular weight is 435 g/mol. The van der Waals surface area contributed by atoms with Gasteiger partial charge in [-0.1, -0.05) is 51.1 Å². The molecule has 32 heavy (non-hydrogen) atoms. The number of hydrogen-bond acceptors (Lipinski definition) is 5. The van der Waals surface area contributed by atoms with Gasteiger partial charge in [-0.15, -0.1) is 0 Å². The van der Waals surface area contributed by atoms with Gasteiger partial charge in [-0.2, -0.15) is 0 Å². The highest BCUT2D eigenvalue weighted by Gasteiger charge is 2.36. The third kappa shape index (κ3) is 5.12. The molecule has 2 N–H and O–H groups in total. The van der Waals surface area contributed by atoms with E-state index in [1.54, 1.807) is 6.20 Å². The van der Waals surface area contributed by atoms with Crippen LogP contribution in [0.2, 0.25) is 0 Å². The first-order valence-corrected chi connectivity index (χ1v) is 11.5. The Balaban J connectivity index is 1.28. The lowest BCUT2D eigenvalue weighted by molar-refractivity contribution is -0.0819. The molecule has 2 heterocycles. The van der Waals surface area contributed by atoms with Gasteiger partial charge < -0.3 is 14.9 Å². The molecule has 4 rings (SSSR count). The van der Waals surface area contributed by atoms with Crippen molar-refractivity contribution in [2.75, 3.05) is 19.7 Å². The van der Waals surface area contributed by atoms with E-state index in [2.05, 4.69) is 37.9 Å². The lowest BCUT2D eigenvalue weighted by Crippen LogP contribution is -2.47. The molecule has 1 aliphatic heterocycles. The average Bonchev–Trinajstić information content (AvgIpc) is 2.79. The lowest BCUT2D eigenvalue weighted by atomic mass is 9.84. The van der Waals surface area contributed by atoms with Crippen molar-refractivity contribution in [2.45, 2.75) is 57.3 Å². The number of aromatic nitrogens is 1. The van der Waals surface area contributed by atoms with E-state index in [1.165, 1.54) is 5.56 Å². The summed E-state index contributed by atoms with van der Waals surface area (Å²) in [6.07, 6.45) is 2.87. The number of fused-ring (bicyclic) bond motifs is 1. The van der Waals surface area contributed by atoms with Crippen molar-refractivity contribution >= 4 is 10.9 Å². The summed E-state index contributed by atoms with van der Waals surface area (Å²) in [4.78, 5) is 6.53. The van der Waals surface area contributed by atoms with Crippen LogP contribution in [0.1, 0.15) is 51.2 Å². The number of pyridine rings is 1. The fourth-order valence-electron chi connectivity index (χ4n) is 4.32. The maximum absolute atomic E-state index is 11.2. The Bertz CT molecular complexity index is 1030. The van der Waals surface area contributed by atoms with Crippen LogP contribution >= 0.6 is 0 Å². The molecule has 1 saturated heterocycles. The van der Waals surface area contributed by atoms with Crippen LogP contribution in [0.15, 0.2) is 60.8 Å². The van der Waals surface area contributed by atoms with E-state index in [9.17, 15) is 10.2 Å². The Kier molecular flexibility index (Phi) is 6.52. The Morgan fingerprint density at radius 2 is 1.75 bits per heavy atom. The maximum Gasteiger partial charge on any atom is 0.119 e. The molecule has 1 fully saturated rings. The SMILES string of the molecule is CC(C)(C)c1ccc(OCCC(O)N2CCC(O)(c3cnc4ccccc4c3)CC2)cc1. The molecule has 0 bridgehead atoms. The number of hydrogen-bond donors (Lipinski definition) is 2. The van der Waals surface area contributed by atoms with Gasteiger partial charge in [0.15, 0.2) is 0 Å². The van der Waals surface area contributed by atoms with E-state index < -0.39 is 11.8 Å². The van der Waals surface area contributed by atoms with E-state index in [0.29, 0.717) is 39.0 Å². The van der Waals surface area contributed by atoms with Crippen LogP contribution in [0.5, 0.6) is 5.75 Å². The van der Waals surface area contributed by atoms with Crippen molar-refractivity contribution in [3.63, 3.8) is 0 Å². The van der Waals surface area contributed by atoms with Gasteiger partial charge in [0.1, 0.15) is 12.0 Å². The van der Waals surface area contributed by atoms with E-state index >= 15 is 0 Å². The first-order valence-electron chi connectivity index (χ1n) is 11.5. The maximum atomic E-state index is 11.2. The predicted octanol–water partition coefficient (Wildman–Crippen LogP) is 4.60. The predicted molar refractivity (Wildman–Crippen MR) is 128 cm³/mol. The van der Waals surface area contributed by atoms with Crippen LogP contribution < -0.4 is 4.74 Å². The largest absolute Gasteiger partial charge is 0.493 e. The van der Waals surface area contributed by atoms with Crippen molar-refractivity contribution in [3.05, 3.63) is 71.9 Å². The van der Waals surface area contributed by atoms with E-state index in [1.807, 2.05) is 47.4 Å². The fraction of sp³-hybridized carbons (Fsp3) is 0.444. The molecule has 3 aromatic rings. The Hall–Kier alpha value is -2.47. The highest BCUT2D eigenvalue weighted by atomic mass is 16.5. The molecule has 1 aliphatic rings. The van der Waals surface area contributed by atoms with Gasteiger partial charge in [-0.25, -0.2) is 0 Å². The number of aliphatic hydroxyl groups excluding tert-OH is 1. The molecule has 170 valence electrons. The number of piperidine rings is 1. The Morgan fingerprint density at radius 3 is 2.44 bits per heavy atom. The number of aliphatic hydroxyl groups is 2. The van der Waals surface area contributed by atoms with E-state index in [-0.39, 0.29) is 5.41 Å². The molecule has 0 amide bonds. The summed E-state index contributed by atoms with van der Waals surface area (Å²) < 4.78 is 5.84. The highest BCUT2D eigenvalue weighted by Crippen LogP contribution is 2.34. The van der Waals surface area contributed by atoms with Crippen LogP contribution in [0.3, 0.4) is 0 Å². The highest BCUT2D eigenvalue weighted by molar-refractivity contribution is 5.78. The van der Waals surface area contributed by atoms with E-state index in [0.717, 1.165) is 22.2 Å². The second-order valence-electron chi connectivity index (χ2n) is 9.88. The molecule has 0 spiro atoms. The second-order valence-corrected chi connectivity index (χ2v) is 9.88. The van der Waals surface area contributed by atoms with Crippen molar-refractivity contribution in [2.24, 2.45) is 0 Å². The molecule has 0 radical (unpaired) electrons. The molecule has 5 heteroatoms. The van der Waals surface area contributed by atoms with Crippen LogP contribution in [0.4, 0.5) is 0 Å². The normalized spacial score (nSPS) is 17.9. The minimum absolute atomic E-state index is 0.119. The molecule has 1 unspecified atom stereocenters. The smallest absolute Gasteiger partial charge is 0.119 e. The van der Waals surface area contributed by atoms with Gasteiger partial charge in [-0.05, 0) is 48.1 Å². The third-order valence-electron chi connectivity index (χ3n) is 6.54. The van der Waals surface area contributed by atoms with E-state index in [4.69, 9.17) is 4.74 Å². The number of ether oxygens (including phenoxy) is 1. The standard InChI is InChI=1S/C27H34N2O3/c1-26(2,3)21-8-10-23(11-9-21)32-17-12-25(30)29-15-13-27(31,14-16-29)22-18-20-6-4-5-7-24(20)28-19-22/h4-11,18-19,25,30-31H,12-17H2,1-3H3. The molecule has 0 aliphatic carbocycles. The molecular formula is C27H34N2O3. The van der Waals surface area contributed by atoms with Gasteiger partial charge in [-0.3, -0.25) is 9.88 Å². The van der Waals surface area contributed by atoms with Crippen molar-refractivity contribution in [1.82, 2.24) is 9.88 Å². The van der Waals surface area contributed by atoms with Gasteiger partial charge in [0, 0.05) is 36.7 Å². The second kappa shape index (κ2) is 9.18. The number of para-hydroxylation sites is 1. The summed E-state index contributed by atoms with van der Waals surface area (Å²) in [6, 6.07) is 18.2. The van der Waals surface area contributed by atoms with Crippen molar-refractivity contribution in [3.8, 4) is 5.75 Å². The molecule has 1 aromatic heterocycles. The zero-order valence-corrected chi connectivity index (χ0v) is 19.3. The summed E-state index contributed by atoms with van der Waals surface area (Å²) >= 11 is 0. The molecule has 1 atom stereocenters. The zero-order valence-electron chi connectivity index (χ0n) is 19.3. The van der Waals surface area contributed by atoms with Crippen LogP contribution in [-0.2, 0) is 11.0 Å². The number of rotatable bonds is 6. The monoisotopic (exact) mass is 434 g/mol. The Morgan fingerprint density at radius 1 is 1.06 bits per heavy atom. The Labute approximate surface area is 190 Å². The first kappa shape index (κ1) is 22.7. The molecule has 0 saturated carbocycles. The topological polar surface area (TPSA) is 65.8 Å². The van der Waals surface area contributed by atoms with Gasteiger partial charge >= 0.3 is 0 Å². The number of likely N-dealkylation sites (tertiary alicyclic amines) is 1. The molecule has 5 nitrogen and oxygen atoms in total. The first-order chi connectivity index (χ1) is 15.2. The van der Waals surface area contributed by atoms with Gasteiger partial charge in [0.2, 0.25) is 0 Å². The van der Waals surface area contributed by atoms with Crippen LogP contribution in [-0.4, -0.2) is 46.0 Å². The zero-order chi connectivity index (χ0) is 22.8. The van der Waals surface area contributed by atoms with Gasteiger partial charge in [0.25, 0.3) is 0 Å². The summed E-state index contributed by atoms with van der Waals surface area (Å²) in [6.45, 7) is 8.28. The fourth-order valence-corrected chi connectivity index (χ4v) is 4.32. The summed E-state index contributed by atoms with van der Waals surface area (Å²) in [7, 11) is 0. The number of benzene rings is 2. The van der Waals surface area contributed by atoms with Crippen molar-refractivity contribution in [1.29, 1.82) is 0 Å². The quantitative estimate of drug-likeness (QED) is 0.593. The minimum atomic E-state index is -0.904. The minimum Gasteiger partial charge on any atom is -0.493 e. The van der Waals surface area contributed by atoms with Crippen LogP contribution in [0, 0.1) is 0 Å². The van der Waals surface area contributed by atoms with Gasteiger partial charge in [0.05, 0.1) is 17.7 Å². The third-order valence-corrected chi connectivity index (χ3v) is 6.54.